The van der Waals surface area contributed by atoms with Gasteiger partial charge in [-0.15, -0.1) is 0 Å². The highest BCUT2D eigenvalue weighted by molar-refractivity contribution is 5.52. The molecule has 3 rings (SSSR count). The van der Waals surface area contributed by atoms with Crippen molar-refractivity contribution < 1.29 is 0 Å². The summed E-state index contributed by atoms with van der Waals surface area (Å²) < 4.78 is 0. The van der Waals surface area contributed by atoms with Gasteiger partial charge in [-0.2, -0.15) is 0 Å². The number of nitrogens with one attached hydrogen (secondary N) is 1. The van der Waals surface area contributed by atoms with Crippen LogP contribution in [0, 0.1) is 0 Å². The summed E-state index contributed by atoms with van der Waals surface area (Å²) in [5.74, 6) is 1.66. The molecule has 3 nitrogen and oxygen atoms in total. The van der Waals surface area contributed by atoms with Crippen molar-refractivity contribution in [3.05, 3.63) is 47.1 Å². The van der Waals surface area contributed by atoms with Crippen molar-refractivity contribution in [2.75, 3.05) is 5.32 Å². The van der Waals surface area contributed by atoms with Crippen LogP contribution in [0.2, 0.25) is 0 Å². The van der Waals surface area contributed by atoms with Crippen LogP contribution < -0.4 is 15.9 Å². The zero-order valence-electron chi connectivity index (χ0n) is 9.43. The molecule has 2 aromatic heterocycles. The van der Waals surface area contributed by atoms with Crippen LogP contribution in [-0.4, -0.2) is 9.97 Å². The summed E-state index contributed by atoms with van der Waals surface area (Å²) in [4.78, 5) is 8.79. The van der Waals surface area contributed by atoms with Gasteiger partial charge in [0, 0.05) is 6.20 Å². The van der Waals surface area contributed by atoms with Crippen molar-refractivity contribution in [2.45, 2.75) is 12.8 Å². The Kier molecular flexibility index (Phi) is 2.58. The Hall–Kier alpha value is -2.16. The summed E-state index contributed by atoms with van der Waals surface area (Å²) >= 11 is 0. The van der Waals surface area contributed by atoms with E-state index in [1.54, 1.807) is 6.20 Å². The van der Waals surface area contributed by atoms with Gasteiger partial charge in [-0.1, -0.05) is 18.2 Å². The molecule has 0 bridgehead atoms. The van der Waals surface area contributed by atoms with Gasteiger partial charge in [0.25, 0.3) is 0 Å². The van der Waals surface area contributed by atoms with E-state index in [2.05, 4.69) is 33.5 Å². The molecule has 0 saturated heterocycles. The van der Waals surface area contributed by atoms with Crippen LogP contribution in [0.15, 0.2) is 36.5 Å². The number of hydrogen-bond donors (Lipinski definition) is 1. The van der Waals surface area contributed by atoms with Crippen LogP contribution in [0.1, 0.15) is 12.8 Å². The highest BCUT2D eigenvalue weighted by Crippen LogP contribution is 2.08. The molecular weight excluding hydrogens is 210 g/mol. The molecule has 1 aliphatic rings. The Balaban J connectivity index is 1.96. The summed E-state index contributed by atoms with van der Waals surface area (Å²) in [5, 5.41) is 5.49. The van der Waals surface area contributed by atoms with Crippen LogP contribution in [0.25, 0.3) is 12.2 Å². The van der Waals surface area contributed by atoms with E-state index >= 15 is 0 Å². The minimum atomic E-state index is 0.819. The summed E-state index contributed by atoms with van der Waals surface area (Å²) in [5.41, 5.74) is 0. The molecule has 0 atom stereocenters. The number of anilines is 2. The Labute approximate surface area is 99.6 Å². The van der Waals surface area contributed by atoms with Crippen LogP contribution >= 0.6 is 0 Å². The molecule has 17 heavy (non-hydrogen) atoms. The van der Waals surface area contributed by atoms with Gasteiger partial charge in [0.15, 0.2) is 0 Å². The minimum absolute atomic E-state index is 0.819. The maximum atomic E-state index is 4.57. The second kappa shape index (κ2) is 4.37. The van der Waals surface area contributed by atoms with Crippen molar-refractivity contribution in [1.82, 2.24) is 9.97 Å². The number of hydrogen-bond acceptors (Lipinski definition) is 3. The molecule has 0 unspecified atom stereocenters. The first-order valence-electron chi connectivity index (χ1n) is 5.77. The van der Waals surface area contributed by atoms with Crippen LogP contribution in [-0.2, 0) is 0 Å². The van der Waals surface area contributed by atoms with E-state index < -0.39 is 0 Å². The lowest BCUT2D eigenvalue weighted by Gasteiger charge is -2.05. The van der Waals surface area contributed by atoms with E-state index in [4.69, 9.17) is 0 Å². The fourth-order valence-corrected chi connectivity index (χ4v) is 1.92. The third-order valence-electron chi connectivity index (χ3n) is 2.75. The third-order valence-corrected chi connectivity index (χ3v) is 2.75. The van der Waals surface area contributed by atoms with Crippen molar-refractivity contribution in [3.8, 4) is 0 Å². The van der Waals surface area contributed by atoms with Crippen LogP contribution in [0.3, 0.4) is 0 Å². The number of aromatic nitrogens is 2. The van der Waals surface area contributed by atoms with Crippen molar-refractivity contribution >= 4 is 23.8 Å². The lowest BCUT2D eigenvalue weighted by molar-refractivity contribution is 1.08. The number of pyridine rings is 2. The molecule has 1 N–H and O–H groups in total. The van der Waals surface area contributed by atoms with Gasteiger partial charge in [0.1, 0.15) is 11.6 Å². The van der Waals surface area contributed by atoms with Crippen LogP contribution in [0.4, 0.5) is 11.6 Å². The second-order valence-corrected chi connectivity index (χ2v) is 4.00. The molecule has 0 amide bonds. The largest absolute Gasteiger partial charge is 0.325 e. The zero-order chi connectivity index (χ0) is 11.5. The lowest BCUT2D eigenvalue weighted by atomic mass is 10.1. The standard InChI is InChI=1S/C14H13N3/c1-2-6-12-11(5-1)8-9-14(16-12)17-13-7-3-4-10-15-13/h3-10H,1-2H2,(H,15,16,17). The summed E-state index contributed by atoms with van der Waals surface area (Å²) in [6.07, 6.45) is 8.36. The predicted octanol–water partition coefficient (Wildman–Crippen LogP) is 1.57. The maximum Gasteiger partial charge on any atom is 0.132 e. The molecule has 1 aliphatic carbocycles. The monoisotopic (exact) mass is 223 g/mol. The summed E-state index contributed by atoms with van der Waals surface area (Å²) in [7, 11) is 0. The normalized spacial score (nSPS) is 13.2. The van der Waals surface area contributed by atoms with E-state index in [0.717, 1.165) is 29.8 Å². The van der Waals surface area contributed by atoms with Gasteiger partial charge in [0.05, 0.1) is 5.35 Å². The molecule has 0 saturated carbocycles. The lowest BCUT2D eigenvalue weighted by Crippen LogP contribution is -2.30. The van der Waals surface area contributed by atoms with Gasteiger partial charge in [-0.05, 0) is 42.3 Å². The maximum absolute atomic E-state index is 4.57. The molecule has 0 aromatic carbocycles. The van der Waals surface area contributed by atoms with Gasteiger partial charge in [-0.25, -0.2) is 9.97 Å². The van der Waals surface area contributed by atoms with Gasteiger partial charge < -0.3 is 5.32 Å². The average molecular weight is 223 g/mol. The Morgan fingerprint density at radius 3 is 2.76 bits per heavy atom. The first-order chi connectivity index (χ1) is 8.42. The Morgan fingerprint density at radius 2 is 1.88 bits per heavy atom. The van der Waals surface area contributed by atoms with E-state index in [1.165, 1.54) is 5.22 Å². The van der Waals surface area contributed by atoms with E-state index in [9.17, 15) is 0 Å². The van der Waals surface area contributed by atoms with E-state index in [0.29, 0.717) is 0 Å². The fourth-order valence-electron chi connectivity index (χ4n) is 1.92. The number of rotatable bonds is 2. The number of fused-ring (bicyclic) bond motifs is 1. The molecule has 3 heteroatoms. The molecular formula is C14H13N3. The Morgan fingerprint density at radius 1 is 0.941 bits per heavy atom. The van der Waals surface area contributed by atoms with Gasteiger partial charge >= 0.3 is 0 Å². The van der Waals surface area contributed by atoms with Crippen LogP contribution in [0.5, 0.6) is 0 Å². The first kappa shape index (κ1) is 10.0. The van der Waals surface area contributed by atoms with Crippen molar-refractivity contribution in [3.63, 3.8) is 0 Å². The molecule has 2 heterocycles. The molecule has 0 spiro atoms. The summed E-state index contributed by atoms with van der Waals surface area (Å²) in [6.45, 7) is 0. The topological polar surface area (TPSA) is 37.8 Å². The Bertz CT molecular complexity index is 632. The van der Waals surface area contributed by atoms with Crippen molar-refractivity contribution in [1.29, 1.82) is 0 Å². The molecule has 0 aliphatic heterocycles. The first-order valence-corrected chi connectivity index (χ1v) is 5.77. The van der Waals surface area contributed by atoms with E-state index in [-0.39, 0.29) is 0 Å². The molecule has 0 fully saturated rings. The van der Waals surface area contributed by atoms with Gasteiger partial charge in [-0.3, -0.25) is 0 Å². The highest BCUT2D eigenvalue weighted by atomic mass is 15.0. The quantitative estimate of drug-likeness (QED) is 0.840. The SMILES string of the molecule is C1=c2ccc(Nc3ccccn3)nc2=CCC1. The third kappa shape index (κ3) is 2.18. The fraction of sp³-hybridized carbons (Fsp3) is 0.143. The highest BCUT2D eigenvalue weighted by Gasteiger charge is 1.98. The molecule has 2 aromatic rings. The smallest absolute Gasteiger partial charge is 0.132 e. The van der Waals surface area contributed by atoms with Gasteiger partial charge in [0.2, 0.25) is 0 Å². The minimum Gasteiger partial charge on any atom is -0.325 e. The molecule has 0 radical (unpaired) electrons. The van der Waals surface area contributed by atoms with E-state index in [1.807, 2.05) is 24.3 Å². The average Bonchev–Trinajstić information content (AvgIpc) is 2.40. The predicted molar refractivity (Wildman–Crippen MR) is 69.2 cm³/mol. The number of nitrogens with zero attached hydrogens (tertiary/aromatic N) is 2. The summed E-state index contributed by atoms with van der Waals surface area (Å²) in [6, 6.07) is 9.87. The second-order valence-electron chi connectivity index (χ2n) is 4.00. The zero-order valence-corrected chi connectivity index (χ0v) is 9.43. The van der Waals surface area contributed by atoms with Crippen molar-refractivity contribution in [2.24, 2.45) is 0 Å². The molecule has 84 valence electrons.